The van der Waals surface area contributed by atoms with Crippen LogP contribution >= 0.6 is 11.6 Å². The SMILES string of the molecule is CCCC[C@H](C)[C@H](CC(=O)N[C@@H](Cc1cccc(Cl)c1)C(=O)N[C@@H](C)C(=O)O)OC(=O)[C@H](N)[C@@H](C)CC. The van der Waals surface area contributed by atoms with Crippen LogP contribution in [0.25, 0.3) is 0 Å². The molecule has 0 radical (unpaired) electrons. The van der Waals surface area contributed by atoms with Gasteiger partial charge in [0.2, 0.25) is 11.8 Å². The lowest BCUT2D eigenvalue weighted by atomic mass is 9.94. The molecule has 2 amide bonds. The largest absolute Gasteiger partial charge is 0.480 e. The van der Waals surface area contributed by atoms with Crippen molar-refractivity contribution in [2.24, 2.45) is 17.6 Å². The third-order valence-corrected chi connectivity index (χ3v) is 6.78. The maximum atomic E-state index is 13.1. The minimum atomic E-state index is -1.20. The second-order valence-corrected chi connectivity index (χ2v) is 10.2. The van der Waals surface area contributed by atoms with E-state index < -0.39 is 48.0 Å². The predicted molar refractivity (Wildman–Crippen MR) is 143 cm³/mol. The van der Waals surface area contributed by atoms with Gasteiger partial charge in [-0.05, 0) is 42.9 Å². The molecule has 10 heteroatoms. The van der Waals surface area contributed by atoms with Gasteiger partial charge in [-0.15, -0.1) is 0 Å². The Morgan fingerprint density at radius 2 is 1.76 bits per heavy atom. The molecule has 37 heavy (non-hydrogen) atoms. The molecule has 208 valence electrons. The molecule has 0 aromatic heterocycles. The van der Waals surface area contributed by atoms with Crippen LogP contribution in [0.3, 0.4) is 0 Å². The molecule has 5 N–H and O–H groups in total. The summed E-state index contributed by atoms with van der Waals surface area (Å²) in [5.41, 5.74) is 6.74. The zero-order valence-corrected chi connectivity index (χ0v) is 23.2. The lowest BCUT2D eigenvalue weighted by Crippen LogP contribution is -2.52. The Balaban J connectivity index is 3.07. The fourth-order valence-corrected chi connectivity index (χ4v) is 3.92. The quantitative estimate of drug-likeness (QED) is 0.235. The Hall–Kier alpha value is -2.65. The van der Waals surface area contributed by atoms with Gasteiger partial charge < -0.3 is 26.2 Å². The van der Waals surface area contributed by atoms with Crippen LogP contribution in [-0.4, -0.2) is 53.1 Å². The van der Waals surface area contributed by atoms with Crippen molar-refractivity contribution in [3.8, 4) is 0 Å². The smallest absolute Gasteiger partial charge is 0.325 e. The average molecular weight is 540 g/mol. The first kappa shape index (κ1) is 32.4. The number of carboxylic acid groups (broad SMARTS) is 1. The number of hydrogen-bond donors (Lipinski definition) is 4. The van der Waals surface area contributed by atoms with Crippen LogP contribution in [0.15, 0.2) is 24.3 Å². The topological polar surface area (TPSA) is 148 Å². The van der Waals surface area contributed by atoms with Gasteiger partial charge in [0.1, 0.15) is 24.2 Å². The molecule has 0 unspecified atom stereocenters. The predicted octanol–water partition coefficient (Wildman–Crippen LogP) is 3.46. The number of carbonyl (C=O) groups excluding carboxylic acids is 3. The van der Waals surface area contributed by atoms with Crippen molar-refractivity contribution in [3.05, 3.63) is 34.9 Å². The number of benzene rings is 1. The van der Waals surface area contributed by atoms with Gasteiger partial charge in [0, 0.05) is 11.4 Å². The van der Waals surface area contributed by atoms with Crippen molar-refractivity contribution in [2.45, 2.75) is 97.4 Å². The molecule has 1 aromatic carbocycles. The van der Waals surface area contributed by atoms with Gasteiger partial charge in [-0.3, -0.25) is 19.2 Å². The van der Waals surface area contributed by atoms with Crippen molar-refractivity contribution in [3.63, 3.8) is 0 Å². The summed E-state index contributed by atoms with van der Waals surface area (Å²) >= 11 is 6.07. The van der Waals surface area contributed by atoms with Crippen molar-refractivity contribution in [1.82, 2.24) is 10.6 Å². The summed E-state index contributed by atoms with van der Waals surface area (Å²) < 4.78 is 5.72. The van der Waals surface area contributed by atoms with Crippen molar-refractivity contribution >= 4 is 35.4 Å². The zero-order chi connectivity index (χ0) is 28.1. The highest BCUT2D eigenvalue weighted by Crippen LogP contribution is 2.20. The van der Waals surface area contributed by atoms with Crippen LogP contribution in [0, 0.1) is 11.8 Å². The summed E-state index contributed by atoms with van der Waals surface area (Å²) in [7, 11) is 0. The van der Waals surface area contributed by atoms with E-state index in [2.05, 4.69) is 17.6 Å². The summed E-state index contributed by atoms with van der Waals surface area (Å²) in [5, 5.41) is 14.7. The fraction of sp³-hybridized carbons (Fsp3) is 0.630. The number of amides is 2. The summed E-state index contributed by atoms with van der Waals surface area (Å²) in [5.74, 6) is -3.08. The van der Waals surface area contributed by atoms with E-state index in [1.165, 1.54) is 6.92 Å². The number of carbonyl (C=O) groups is 4. The van der Waals surface area contributed by atoms with E-state index >= 15 is 0 Å². The van der Waals surface area contributed by atoms with Gasteiger partial charge in [0.15, 0.2) is 0 Å². The normalized spacial score (nSPS) is 16.0. The molecule has 0 saturated heterocycles. The summed E-state index contributed by atoms with van der Waals surface area (Å²) in [4.78, 5) is 49.9. The number of ether oxygens (including phenoxy) is 1. The number of rotatable bonds is 16. The van der Waals surface area contributed by atoms with Crippen molar-refractivity contribution in [1.29, 1.82) is 0 Å². The second kappa shape index (κ2) is 16.2. The molecule has 0 heterocycles. The first-order valence-corrected chi connectivity index (χ1v) is 13.3. The van der Waals surface area contributed by atoms with Crippen molar-refractivity contribution in [2.75, 3.05) is 0 Å². The molecule has 0 fully saturated rings. The van der Waals surface area contributed by atoms with Crippen LogP contribution < -0.4 is 16.4 Å². The summed E-state index contributed by atoms with van der Waals surface area (Å²) in [6.07, 6.45) is 2.54. The number of nitrogens with one attached hydrogen (secondary N) is 2. The molecular formula is C27H42ClN3O6. The Morgan fingerprint density at radius 1 is 1.08 bits per heavy atom. The first-order chi connectivity index (χ1) is 17.4. The van der Waals surface area contributed by atoms with E-state index in [1.807, 2.05) is 20.8 Å². The highest BCUT2D eigenvalue weighted by atomic mass is 35.5. The molecule has 0 aliphatic rings. The number of halogens is 1. The van der Waals surface area contributed by atoms with E-state index in [0.29, 0.717) is 17.0 Å². The number of esters is 1. The van der Waals surface area contributed by atoms with E-state index in [-0.39, 0.29) is 24.7 Å². The number of hydrogen-bond acceptors (Lipinski definition) is 6. The second-order valence-electron chi connectivity index (χ2n) is 9.73. The first-order valence-electron chi connectivity index (χ1n) is 12.9. The third kappa shape index (κ3) is 11.5. The average Bonchev–Trinajstić information content (AvgIpc) is 2.85. The Labute approximate surface area is 224 Å². The molecule has 6 atom stereocenters. The molecule has 0 bridgehead atoms. The van der Waals surface area contributed by atoms with Gasteiger partial charge >= 0.3 is 11.9 Å². The van der Waals surface area contributed by atoms with Crippen LogP contribution in [-0.2, 0) is 30.3 Å². The lowest BCUT2D eigenvalue weighted by molar-refractivity contribution is -0.156. The van der Waals surface area contributed by atoms with Gasteiger partial charge in [0.05, 0.1) is 6.42 Å². The van der Waals surface area contributed by atoms with E-state index in [9.17, 15) is 24.3 Å². The van der Waals surface area contributed by atoms with Crippen LogP contribution in [0.4, 0.5) is 0 Å². The highest BCUT2D eigenvalue weighted by molar-refractivity contribution is 6.30. The van der Waals surface area contributed by atoms with Gasteiger partial charge in [-0.25, -0.2) is 0 Å². The molecule has 1 rings (SSSR count). The van der Waals surface area contributed by atoms with E-state index in [4.69, 9.17) is 22.1 Å². The summed E-state index contributed by atoms with van der Waals surface area (Å²) in [6.45, 7) is 9.11. The number of unbranched alkanes of at least 4 members (excludes halogenated alkanes) is 1. The van der Waals surface area contributed by atoms with Crippen LogP contribution in [0.1, 0.15) is 72.3 Å². The monoisotopic (exact) mass is 539 g/mol. The molecule has 0 spiro atoms. The van der Waals surface area contributed by atoms with Crippen LogP contribution in [0.2, 0.25) is 5.02 Å². The molecule has 0 aliphatic heterocycles. The zero-order valence-electron chi connectivity index (χ0n) is 22.5. The Morgan fingerprint density at radius 3 is 2.32 bits per heavy atom. The van der Waals surface area contributed by atoms with Gasteiger partial charge in [0.25, 0.3) is 0 Å². The molecule has 0 saturated carbocycles. The van der Waals surface area contributed by atoms with E-state index in [1.54, 1.807) is 24.3 Å². The minimum Gasteiger partial charge on any atom is -0.480 e. The molecular weight excluding hydrogens is 498 g/mol. The van der Waals surface area contributed by atoms with Gasteiger partial charge in [-0.2, -0.15) is 0 Å². The third-order valence-electron chi connectivity index (χ3n) is 6.54. The maximum Gasteiger partial charge on any atom is 0.325 e. The van der Waals surface area contributed by atoms with E-state index in [0.717, 1.165) is 19.3 Å². The van der Waals surface area contributed by atoms with Crippen molar-refractivity contribution < 1.29 is 29.0 Å². The highest BCUT2D eigenvalue weighted by Gasteiger charge is 2.31. The molecule has 1 aromatic rings. The number of nitrogens with two attached hydrogens (primary N) is 1. The van der Waals surface area contributed by atoms with Crippen LogP contribution in [0.5, 0.6) is 0 Å². The minimum absolute atomic E-state index is 0.0741. The Bertz CT molecular complexity index is 912. The molecule has 0 aliphatic carbocycles. The standard InChI is InChI=1S/C27H42ClN3O6/c1-6-8-10-17(4)22(37-27(36)24(29)16(3)7-2)15-23(32)31-21(25(33)30-18(5)26(34)35)14-19-11-9-12-20(28)13-19/h9,11-13,16-18,21-22,24H,6-8,10,14-15,29H2,1-5H3,(H,30,33)(H,31,32)(H,34,35)/t16-,17-,18-,21-,22-,24+/m0/s1. The Kier molecular flexibility index (Phi) is 14.2. The number of carboxylic acids is 1. The maximum absolute atomic E-state index is 13.1. The summed E-state index contributed by atoms with van der Waals surface area (Å²) in [6, 6.07) is 3.84. The molecule has 9 nitrogen and oxygen atoms in total. The van der Waals surface area contributed by atoms with Gasteiger partial charge in [-0.1, -0.05) is 70.7 Å². The fourth-order valence-electron chi connectivity index (χ4n) is 3.71. The number of aliphatic carboxylic acids is 1. The lowest BCUT2D eigenvalue weighted by Gasteiger charge is -2.27.